The van der Waals surface area contributed by atoms with Crippen LogP contribution in [0.25, 0.3) is 0 Å². The van der Waals surface area contributed by atoms with Gasteiger partial charge in [-0.15, -0.1) is 5.73 Å². The van der Waals surface area contributed by atoms with Gasteiger partial charge in [-0.2, -0.15) is 5.26 Å². The van der Waals surface area contributed by atoms with Gasteiger partial charge in [-0.3, -0.25) is 0 Å². The van der Waals surface area contributed by atoms with Gasteiger partial charge in [-0.1, -0.05) is 29.8 Å². The lowest BCUT2D eigenvalue weighted by Gasteiger charge is -2.10. The lowest BCUT2D eigenvalue weighted by molar-refractivity contribution is 1.28. The Kier molecular flexibility index (Phi) is 3.62. The van der Waals surface area contributed by atoms with Crippen molar-refractivity contribution in [1.29, 1.82) is 5.26 Å². The second-order valence-corrected chi connectivity index (χ2v) is 3.24. The average molecular weight is 225 g/mol. The van der Waals surface area contributed by atoms with Crippen LogP contribution in [0, 0.1) is 11.5 Å². The molecule has 0 amide bonds. The summed E-state index contributed by atoms with van der Waals surface area (Å²) in [5, 5.41) is 9.72. The van der Waals surface area contributed by atoms with Crippen LogP contribution in [0.3, 0.4) is 0 Å². The molecule has 4 heteroatoms. The average Bonchev–Trinajstić information content (AvgIpc) is 2.15. The quantitative estimate of drug-likeness (QED) is 0.437. The molecule has 0 N–H and O–H groups in total. The molecule has 0 aliphatic carbocycles. The molecule has 1 aromatic rings. The number of anilines is 1. The summed E-state index contributed by atoms with van der Waals surface area (Å²) < 4.78 is 0. The maximum absolute atomic E-state index is 8.79. The minimum absolute atomic E-state index is 0.408. The van der Waals surface area contributed by atoms with Gasteiger partial charge in [0.15, 0.2) is 6.19 Å². The molecule has 0 unspecified atom stereocenters. The number of nitrogens with zero attached hydrogens (tertiary/aromatic N) is 2. The minimum Gasteiger partial charge on any atom is -0.246 e. The van der Waals surface area contributed by atoms with Crippen molar-refractivity contribution >= 4 is 28.9 Å². The Morgan fingerprint density at radius 1 is 1.43 bits per heavy atom. The van der Waals surface area contributed by atoms with Crippen molar-refractivity contribution < 1.29 is 0 Å². The minimum atomic E-state index is 0.408. The Balaban J connectivity index is 3.18. The zero-order valence-electron chi connectivity index (χ0n) is 7.17. The Morgan fingerprint density at radius 3 is 2.64 bits per heavy atom. The first-order valence-electron chi connectivity index (χ1n) is 3.69. The number of rotatable bonds is 2. The van der Waals surface area contributed by atoms with Crippen molar-refractivity contribution in [3.63, 3.8) is 0 Å². The molecule has 0 aliphatic heterocycles. The summed E-state index contributed by atoms with van der Waals surface area (Å²) in [5.74, 6) is 0. The highest BCUT2D eigenvalue weighted by molar-refractivity contribution is 6.36. The second-order valence-electron chi connectivity index (χ2n) is 2.40. The summed E-state index contributed by atoms with van der Waals surface area (Å²) in [4.78, 5) is 1.26. The number of nitriles is 1. The number of hydrogen-bond donors (Lipinski definition) is 0. The molecule has 0 heterocycles. The lowest BCUT2D eigenvalue weighted by Crippen LogP contribution is -2.06. The summed E-state index contributed by atoms with van der Waals surface area (Å²) in [6, 6.07) is 4.88. The van der Waals surface area contributed by atoms with E-state index in [-0.39, 0.29) is 0 Å². The number of benzene rings is 1. The summed E-state index contributed by atoms with van der Waals surface area (Å²) in [6.07, 6.45) is 3.33. The first kappa shape index (κ1) is 10.7. The lowest BCUT2D eigenvalue weighted by atomic mass is 10.3. The molecule has 0 saturated carbocycles. The zero-order valence-corrected chi connectivity index (χ0v) is 8.68. The molecule has 0 atom stereocenters. The van der Waals surface area contributed by atoms with Crippen LogP contribution in [0.5, 0.6) is 0 Å². The number of hydrogen-bond acceptors (Lipinski definition) is 2. The molecule has 1 rings (SSSR count). The van der Waals surface area contributed by atoms with Crippen LogP contribution in [0.15, 0.2) is 36.7 Å². The Labute approximate surface area is 92.3 Å². The summed E-state index contributed by atoms with van der Waals surface area (Å²) >= 11 is 11.6. The van der Waals surface area contributed by atoms with Crippen molar-refractivity contribution in [2.75, 3.05) is 4.90 Å². The van der Waals surface area contributed by atoms with Gasteiger partial charge >= 0.3 is 0 Å². The molecule has 0 aromatic heterocycles. The predicted octanol–water partition coefficient (Wildman–Crippen LogP) is 3.58. The SMILES string of the molecule is C=C=CN(C#N)c1ccc(Cl)cc1Cl. The van der Waals surface area contributed by atoms with Gasteiger partial charge in [0.2, 0.25) is 0 Å². The smallest absolute Gasteiger partial charge is 0.189 e. The molecule has 14 heavy (non-hydrogen) atoms. The van der Waals surface area contributed by atoms with Gasteiger partial charge < -0.3 is 0 Å². The van der Waals surface area contributed by atoms with Crippen molar-refractivity contribution in [2.24, 2.45) is 0 Å². The fourth-order valence-corrected chi connectivity index (χ4v) is 1.42. The van der Waals surface area contributed by atoms with Gasteiger partial charge in [-0.25, -0.2) is 4.90 Å². The normalized spacial score (nSPS) is 8.64. The molecule has 0 fully saturated rings. The third kappa shape index (κ3) is 2.31. The fourth-order valence-electron chi connectivity index (χ4n) is 0.920. The maximum atomic E-state index is 8.79. The van der Waals surface area contributed by atoms with E-state index in [9.17, 15) is 0 Å². The fraction of sp³-hybridized carbons (Fsp3) is 0. The molecule has 70 valence electrons. The first-order chi connectivity index (χ1) is 6.69. The van der Waals surface area contributed by atoms with Crippen molar-refractivity contribution in [2.45, 2.75) is 0 Å². The van der Waals surface area contributed by atoms with E-state index in [1.165, 1.54) is 11.1 Å². The van der Waals surface area contributed by atoms with E-state index in [4.69, 9.17) is 28.5 Å². The molecule has 0 aliphatic rings. The molecular formula is C10H6Cl2N2. The summed E-state index contributed by atoms with van der Waals surface area (Å²) in [7, 11) is 0. The zero-order chi connectivity index (χ0) is 10.6. The highest BCUT2D eigenvalue weighted by Crippen LogP contribution is 2.28. The van der Waals surface area contributed by atoms with E-state index in [1.54, 1.807) is 18.2 Å². The van der Waals surface area contributed by atoms with Crippen molar-refractivity contribution in [1.82, 2.24) is 0 Å². The third-order valence-electron chi connectivity index (χ3n) is 1.50. The molecule has 0 spiro atoms. The van der Waals surface area contributed by atoms with Crippen LogP contribution in [-0.4, -0.2) is 0 Å². The van der Waals surface area contributed by atoms with Gasteiger partial charge in [0.1, 0.15) is 0 Å². The van der Waals surface area contributed by atoms with Crippen LogP contribution >= 0.6 is 23.2 Å². The summed E-state index contributed by atoms with van der Waals surface area (Å²) in [5.41, 5.74) is 3.05. The highest BCUT2D eigenvalue weighted by Gasteiger charge is 2.06. The number of halogens is 2. The van der Waals surface area contributed by atoms with E-state index >= 15 is 0 Å². The predicted molar refractivity (Wildman–Crippen MR) is 58.3 cm³/mol. The molecule has 1 aromatic carbocycles. The van der Waals surface area contributed by atoms with Crippen LogP contribution in [-0.2, 0) is 0 Å². The molecular weight excluding hydrogens is 219 g/mol. The van der Waals surface area contributed by atoms with Gasteiger partial charge in [0, 0.05) is 5.02 Å². The van der Waals surface area contributed by atoms with E-state index in [2.05, 4.69) is 12.3 Å². The van der Waals surface area contributed by atoms with Crippen molar-refractivity contribution in [3.8, 4) is 6.19 Å². The van der Waals surface area contributed by atoms with Gasteiger partial charge in [-0.05, 0) is 18.2 Å². The van der Waals surface area contributed by atoms with E-state index in [0.717, 1.165) is 0 Å². The molecule has 0 radical (unpaired) electrons. The Bertz CT molecular complexity index is 428. The van der Waals surface area contributed by atoms with Crippen LogP contribution in [0.4, 0.5) is 5.69 Å². The van der Waals surface area contributed by atoms with E-state index < -0.39 is 0 Å². The summed E-state index contributed by atoms with van der Waals surface area (Å²) in [6.45, 7) is 3.38. The maximum Gasteiger partial charge on any atom is 0.189 e. The molecule has 2 nitrogen and oxygen atoms in total. The largest absolute Gasteiger partial charge is 0.246 e. The Hall–Kier alpha value is -1.39. The van der Waals surface area contributed by atoms with Crippen molar-refractivity contribution in [3.05, 3.63) is 46.8 Å². The van der Waals surface area contributed by atoms with Crippen LogP contribution in [0.2, 0.25) is 10.0 Å². The van der Waals surface area contributed by atoms with E-state index in [0.29, 0.717) is 15.7 Å². The third-order valence-corrected chi connectivity index (χ3v) is 2.04. The Morgan fingerprint density at radius 2 is 2.14 bits per heavy atom. The monoisotopic (exact) mass is 224 g/mol. The topological polar surface area (TPSA) is 27.0 Å². The van der Waals surface area contributed by atoms with Crippen LogP contribution < -0.4 is 4.90 Å². The second kappa shape index (κ2) is 4.74. The van der Waals surface area contributed by atoms with Gasteiger partial charge in [0.25, 0.3) is 0 Å². The van der Waals surface area contributed by atoms with Crippen LogP contribution in [0.1, 0.15) is 0 Å². The molecule has 0 bridgehead atoms. The van der Waals surface area contributed by atoms with E-state index in [1.807, 2.05) is 6.19 Å². The van der Waals surface area contributed by atoms with Gasteiger partial charge in [0.05, 0.1) is 16.9 Å². The standard InChI is InChI=1S/C10H6Cl2N2/c1-2-5-14(7-13)10-4-3-8(11)6-9(10)12/h3-6H,1H2. The highest BCUT2D eigenvalue weighted by atomic mass is 35.5. The first-order valence-corrected chi connectivity index (χ1v) is 4.44. The molecule has 0 saturated heterocycles.